The van der Waals surface area contributed by atoms with Gasteiger partial charge in [-0.25, -0.2) is 0 Å². The average Bonchev–Trinajstić information content (AvgIpc) is 3.31. The van der Waals surface area contributed by atoms with Gasteiger partial charge in [-0.05, 0) is 0 Å². The van der Waals surface area contributed by atoms with Gasteiger partial charge in [-0.2, -0.15) is 0 Å². The molecule has 2 aliphatic heterocycles. The molecule has 0 aliphatic carbocycles. The summed E-state index contributed by atoms with van der Waals surface area (Å²) in [5.74, 6) is 0.0147. The molecule has 0 N–H and O–H groups in total. The van der Waals surface area contributed by atoms with Crippen LogP contribution in [-0.4, -0.2) is 41.1 Å². The summed E-state index contributed by atoms with van der Waals surface area (Å²) >= 11 is 1.54. The summed E-state index contributed by atoms with van der Waals surface area (Å²) in [6.45, 7) is 1.99. The molecule has 0 spiro atoms. The van der Waals surface area contributed by atoms with Crippen LogP contribution in [0, 0.1) is 10.5 Å². The monoisotopic (exact) mass is 574 g/mol. The minimum absolute atomic E-state index is 0.0147. The SMILES string of the molecule is Cc1nn(C)c2c1C(c1ccc(I)cc1)N(c1ccc3[c](c1)[Sn][CH]=N3)C2=O. The van der Waals surface area contributed by atoms with Gasteiger partial charge >= 0.3 is 182 Å². The number of aryl methyl sites for hydroxylation is 2. The fourth-order valence-electron chi connectivity index (χ4n) is 3.92. The summed E-state index contributed by atoms with van der Waals surface area (Å²) in [5, 5.41) is 4.52. The molecule has 2 aromatic carbocycles. The number of carbonyl (C=O) groups excluding carboxylic acids is 1. The zero-order valence-electron chi connectivity index (χ0n) is 14.8. The third-order valence-electron chi connectivity index (χ3n) is 5.09. The van der Waals surface area contributed by atoms with Crippen molar-refractivity contribution in [3.63, 3.8) is 0 Å². The predicted octanol–water partition coefficient (Wildman–Crippen LogP) is 3.09. The number of aromatic nitrogens is 2. The molecule has 1 amide bonds. The van der Waals surface area contributed by atoms with Crippen molar-refractivity contribution in [2.45, 2.75) is 13.0 Å². The molecule has 7 heteroatoms. The maximum absolute atomic E-state index is 13.4. The Morgan fingerprint density at radius 1 is 1.15 bits per heavy atom. The summed E-state index contributed by atoms with van der Waals surface area (Å²) in [6, 6.07) is 14.5. The average molecular weight is 573 g/mol. The first-order valence-electron chi connectivity index (χ1n) is 8.60. The normalized spacial score (nSPS) is 17.5. The number of carbonyl (C=O) groups is 1. The van der Waals surface area contributed by atoms with E-state index in [9.17, 15) is 4.79 Å². The van der Waals surface area contributed by atoms with E-state index in [0.717, 1.165) is 28.2 Å². The molecule has 3 aromatic rings. The Morgan fingerprint density at radius 3 is 2.70 bits per heavy atom. The van der Waals surface area contributed by atoms with Crippen LogP contribution in [0.1, 0.15) is 33.4 Å². The van der Waals surface area contributed by atoms with Gasteiger partial charge in [-0.1, -0.05) is 0 Å². The fraction of sp³-hybridized carbons (Fsp3) is 0.150. The number of rotatable bonds is 2. The Balaban J connectivity index is 1.70. The Bertz CT molecular complexity index is 1120. The zero-order valence-corrected chi connectivity index (χ0v) is 19.8. The Hall–Kier alpha value is -1.68. The molecule has 0 bridgehead atoms. The maximum atomic E-state index is 13.4. The van der Waals surface area contributed by atoms with Crippen molar-refractivity contribution in [2.75, 3.05) is 4.90 Å². The molecule has 27 heavy (non-hydrogen) atoms. The molecular weight excluding hydrogens is 558 g/mol. The number of hydrogen-bond donors (Lipinski definition) is 0. The fourth-order valence-corrected chi connectivity index (χ4v) is 6.76. The van der Waals surface area contributed by atoms with E-state index in [1.807, 2.05) is 31.0 Å². The van der Waals surface area contributed by atoms with Gasteiger partial charge in [0.05, 0.1) is 0 Å². The second kappa shape index (κ2) is 6.44. The third kappa shape index (κ3) is 2.67. The van der Waals surface area contributed by atoms with Crippen LogP contribution in [0.5, 0.6) is 0 Å². The molecule has 1 aromatic heterocycles. The van der Waals surface area contributed by atoms with E-state index in [2.05, 4.69) is 67.2 Å². The number of aliphatic imine (C=N–C) groups is 1. The zero-order chi connectivity index (χ0) is 18.7. The number of halogens is 1. The first-order chi connectivity index (χ1) is 13.0. The van der Waals surface area contributed by atoms with E-state index in [-0.39, 0.29) is 11.9 Å². The van der Waals surface area contributed by atoms with E-state index in [4.69, 9.17) is 0 Å². The van der Waals surface area contributed by atoms with Gasteiger partial charge in [-0.3, -0.25) is 0 Å². The molecule has 0 fully saturated rings. The van der Waals surface area contributed by atoms with Crippen molar-refractivity contribution in [2.24, 2.45) is 12.0 Å². The molecule has 1 atom stereocenters. The molecule has 2 aliphatic rings. The molecule has 2 radical (unpaired) electrons. The van der Waals surface area contributed by atoms with Gasteiger partial charge in [0, 0.05) is 0 Å². The van der Waals surface area contributed by atoms with Crippen LogP contribution < -0.4 is 8.48 Å². The van der Waals surface area contributed by atoms with Gasteiger partial charge in [0.2, 0.25) is 0 Å². The van der Waals surface area contributed by atoms with Gasteiger partial charge < -0.3 is 0 Å². The van der Waals surface area contributed by atoms with E-state index in [0.29, 0.717) is 5.69 Å². The van der Waals surface area contributed by atoms with Crippen LogP contribution >= 0.6 is 22.6 Å². The number of benzene rings is 2. The molecule has 5 rings (SSSR count). The van der Waals surface area contributed by atoms with E-state index in [1.165, 1.54) is 7.15 Å². The minimum atomic E-state index is -0.764. The summed E-state index contributed by atoms with van der Waals surface area (Å²) in [7, 11) is 1.85. The molecular formula is C20H15IN4OSn. The first-order valence-corrected chi connectivity index (χ1v) is 12.8. The van der Waals surface area contributed by atoms with Crippen LogP contribution in [0.15, 0.2) is 47.5 Å². The quantitative estimate of drug-likeness (QED) is 0.350. The van der Waals surface area contributed by atoms with Crippen molar-refractivity contribution in [3.8, 4) is 0 Å². The number of amides is 1. The van der Waals surface area contributed by atoms with Gasteiger partial charge in [0.15, 0.2) is 0 Å². The van der Waals surface area contributed by atoms with Crippen molar-refractivity contribution in [3.05, 3.63) is 68.5 Å². The van der Waals surface area contributed by atoms with E-state index >= 15 is 0 Å². The standard InChI is InChI=1S/C20H15IN4O.Sn/c1-12-17-18(13-4-6-14(21)7-5-13)25(20(26)19(17)24(3)23-12)16-10-8-15(22-2)9-11-16;/h2,4-8,10-11,18H,1,3H3;. The second-order valence-electron chi connectivity index (χ2n) is 6.70. The van der Waals surface area contributed by atoms with E-state index < -0.39 is 21.1 Å². The van der Waals surface area contributed by atoms with Crippen LogP contribution in [0.4, 0.5) is 11.4 Å². The van der Waals surface area contributed by atoms with Crippen LogP contribution in [0.25, 0.3) is 0 Å². The van der Waals surface area contributed by atoms with Crippen molar-refractivity contribution >= 4 is 68.8 Å². The summed E-state index contributed by atoms with van der Waals surface area (Å²) in [5.41, 5.74) is 5.74. The molecule has 132 valence electrons. The number of anilines is 1. The number of hydrogen-bond acceptors (Lipinski definition) is 3. The van der Waals surface area contributed by atoms with Gasteiger partial charge in [-0.15, -0.1) is 0 Å². The van der Waals surface area contributed by atoms with Crippen LogP contribution in [0.2, 0.25) is 0 Å². The molecule has 0 saturated heterocycles. The summed E-state index contributed by atoms with van der Waals surface area (Å²) < 4.78 is 6.32. The Morgan fingerprint density at radius 2 is 1.93 bits per heavy atom. The van der Waals surface area contributed by atoms with Gasteiger partial charge in [0.1, 0.15) is 0 Å². The van der Waals surface area contributed by atoms with Crippen LogP contribution in [-0.2, 0) is 7.05 Å². The van der Waals surface area contributed by atoms with Crippen molar-refractivity contribution in [1.29, 1.82) is 0 Å². The molecule has 1 unspecified atom stereocenters. The second-order valence-corrected chi connectivity index (χ2v) is 11.0. The summed E-state index contributed by atoms with van der Waals surface area (Å²) in [6.07, 6.45) is 0. The third-order valence-corrected chi connectivity index (χ3v) is 8.58. The molecule has 0 saturated carbocycles. The van der Waals surface area contributed by atoms with Gasteiger partial charge in [0.25, 0.3) is 0 Å². The Labute approximate surface area is 180 Å². The predicted molar refractivity (Wildman–Crippen MR) is 116 cm³/mol. The molecule has 3 heterocycles. The van der Waals surface area contributed by atoms with Crippen molar-refractivity contribution < 1.29 is 4.79 Å². The van der Waals surface area contributed by atoms with Crippen molar-refractivity contribution in [1.82, 2.24) is 9.78 Å². The summed E-state index contributed by atoms with van der Waals surface area (Å²) in [4.78, 5) is 19.8. The first kappa shape index (κ1) is 17.4. The topological polar surface area (TPSA) is 50.5 Å². The number of nitrogens with zero attached hydrogens (tertiary/aromatic N) is 4. The Kier molecular flexibility index (Phi) is 4.15. The van der Waals surface area contributed by atoms with E-state index in [1.54, 1.807) is 4.68 Å². The number of fused-ring (bicyclic) bond motifs is 2. The van der Waals surface area contributed by atoms with Crippen LogP contribution in [0.3, 0.4) is 0 Å². The molecule has 5 nitrogen and oxygen atoms in total.